The average molecular weight is 657 g/mol. The highest BCUT2D eigenvalue weighted by atomic mass is 32.2. The van der Waals surface area contributed by atoms with Crippen LogP contribution in [-0.4, -0.2) is 39.6 Å². The highest BCUT2D eigenvalue weighted by Crippen LogP contribution is 2.39. The van der Waals surface area contributed by atoms with E-state index in [0.29, 0.717) is 18.9 Å². The minimum absolute atomic E-state index is 0.0155. The second kappa shape index (κ2) is 14.8. The van der Waals surface area contributed by atoms with Crippen LogP contribution < -0.4 is 10.1 Å². The smallest absolute Gasteiger partial charge is 0.416 e. The number of carbonyl (C=O) groups excluding carboxylic acids is 1. The fraction of sp³-hybridized carbons (Fsp3) is 0.457. The van der Waals surface area contributed by atoms with E-state index in [1.165, 1.54) is 34.1 Å². The molecular weight excluding hydrogens is 613 g/mol. The Labute approximate surface area is 273 Å². The van der Waals surface area contributed by atoms with Crippen molar-refractivity contribution in [2.45, 2.75) is 89.4 Å². The molecule has 2 aromatic carbocycles. The second-order valence-electron chi connectivity index (χ2n) is 12.5. The zero-order chi connectivity index (χ0) is 33.5. The first-order valence-electron chi connectivity index (χ1n) is 15.6. The van der Waals surface area contributed by atoms with E-state index in [-0.39, 0.29) is 39.2 Å². The van der Waals surface area contributed by atoms with Gasteiger partial charge in [0.15, 0.2) is 10.9 Å². The molecule has 11 heteroatoms. The van der Waals surface area contributed by atoms with Crippen molar-refractivity contribution in [2.24, 2.45) is 0 Å². The van der Waals surface area contributed by atoms with Crippen LogP contribution in [0.1, 0.15) is 83.9 Å². The molecule has 1 N–H and O–H groups in total. The van der Waals surface area contributed by atoms with Gasteiger partial charge in [0.1, 0.15) is 5.75 Å². The Kier molecular flexibility index (Phi) is 11.3. The third-order valence-electron chi connectivity index (χ3n) is 8.55. The van der Waals surface area contributed by atoms with Gasteiger partial charge in [-0.1, -0.05) is 71.5 Å². The number of carbonyl (C=O) groups is 1. The molecule has 0 radical (unpaired) electrons. The van der Waals surface area contributed by atoms with Crippen LogP contribution in [0.5, 0.6) is 5.75 Å². The molecule has 2 aromatic heterocycles. The van der Waals surface area contributed by atoms with Crippen LogP contribution in [0.15, 0.2) is 70.4 Å². The Morgan fingerprint density at radius 2 is 1.70 bits per heavy atom. The first-order valence-corrected chi connectivity index (χ1v) is 16.6. The topological polar surface area (TPSA) is 82.2 Å². The Morgan fingerprint density at radius 3 is 2.37 bits per heavy atom. The molecule has 0 spiro atoms. The monoisotopic (exact) mass is 656 g/mol. The summed E-state index contributed by atoms with van der Waals surface area (Å²) >= 11 is 1.09. The van der Waals surface area contributed by atoms with Crippen LogP contribution in [0.2, 0.25) is 0 Å². The predicted molar refractivity (Wildman–Crippen MR) is 176 cm³/mol. The molecule has 46 heavy (non-hydrogen) atoms. The molecule has 4 rings (SSSR count). The van der Waals surface area contributed by atoms with Crippen LogP contribution in [0.25, 0.3) is 17.3 Å². The van der Waals surface area contributed by atoms with Crippen molar-refractivity contribution >= 4 is 17.7 Å². The van der Waals surface area contributed by atoms with Crippen molar-refractivity contribution < 1.29 is 27.1 Å². The largest absolute Gasteiger partial charge is 0.493 e. The molecule has 7 nitrogen and oxygen atoms in total. The van der Waals surface area contributed by atoms with Gasteiger partial charge < -0.3 is 14.5 Å². The van der Waals surface area contributed by atoms with E-state index < -0.39 is 11.7 Å². The van der Waals surface area contributed by atoms with Gasteiger partial charge in [0.05, 0.1) is 29.9 Å². The summed E-state index contributed by atoms with van der Waals surface area (Å²) < 4.78 is 53.5. The van der Waals surface area contributed by atoms with Gasteiger partial charge >= 0.3 is 6.18 Å². The summed E-state index contributed by atoms with van der Waals surface area (Å²) in [4.78, 5) is 12.7. The molecule has 1 amide bonds. The van der Waals surface area contributed by atoms with Crippen LogP contribution in [0.4, 0.5) is 13.2 Å². The molecule has 0 saturated heterocycles. The summed E-state index contributed by atoms with van der Waals surface area (Å²) in [5, 5.41) is 11.5. The molecule has 0 bridgehead atoms. The van der Waals surface area contributed by atoms with Crippen LogP contribution in [0.3, 0.4) is 0 Å². The summed E-state index contributed by atoms with van der Waals surface area (Å²) in [6.45, 7) is 14.4. The molecule has 2 heterocycles. The molecular formula is C35H43F3N4O3S. The van der Waals surface area contributed by atoms with Crippen LogP contribution in [-0.2, 0) is 21.8 Å². The Bertz CT molecular complexity index is 1600. The summed E-state index contributed by atoms with van der Waals surface area (Å²) in [5.74, 6) is 1.28. The van der Waals surface area contributed by atoms with Crippen molar-refractivity contribution in [1.82, 2.24) is 20.1 Å². The standard InChI is InChI=1S/C35H43F3N4O3S/c1-7-33(3,4)24-16-17-28(27(22-24)34(5,6)8-2)44-19-10-9-18-39-30(43)23-46-32-41-40-31(29-15-12-20-45-29)42(32)26-14-11-13-25(21-26)35(36,37)38/h11-17,20-22H,7-10,18-19,23H2,1-6H3,(H,39,43). The molecule has 0 aliphatic heterocycles. The lowest BCUT2D eigenvalue weighted by Gasteiger charge is -2.30. The molecule has 248 valence electrons. The van der Waals surface area contributed by atoms with E-state index in [1.54, 1.807) is 12.1 Å². The molecule has 0 unspecified atom stereocenters. The van der Waals surface area contributed by atoms with Gasteiger partial charge in [-0.3, -0.25) is 9.36 Å². The van der Waals surface area contributed by atoms with Crippen molar-refractivity contribution in [3.63, 3.8) is 0 Å². The van der Waals surface area contributed by atoms with Crippen LogP contribution in [0, 0.1) is 0 Å². The number of nitrogens with one attached hydrogen (secondary N) is 1. The normalized spacial score (nSPS) is 12.4. The summed E-state index contributed by atoms with van der Waals surface area (Å²) in [7, 11) is 0. The lowest BCUT2D eigenvalue weighted by atomic mass is 9.76. The summed E-state index contributed by atoms with van der Waals surface area (Å²) in [6.07, 6.45) is 0.457. The molecule has 0 atom stereocenters. The van der Waals surface area contributed by atoms with Crippen LogP contribution >= 0.6 is 11.8 Å². The molecule has 0 aliphatic rings. The number of amides is 1. The second-order valence-corrected chi connectivity index (χ2v) is 13.5. The van der Waals surface area contributed by atoms with Gasteiger partial charge in [-0.15, -0.1) is 10.2 Å². The van der Waals surface area contributed by atoms with E-state index in [4.69, 9.17) is 9.15 Å². The number of ether oxygens (including phenoxy) is 1. The first-order chi connectivity index (χ1) is 21.8. The Balaban J connectivity index is 1.32. The van der Waals surface area contributed by atoms with Gasteiger partial charge in [-0.25, -0.2) is 0 Å². The van der Waals surface area contributed by atoms with Gasteiger partial charge in [0.25, 0.3) is 0 Å². The fourth-order valence-electron chi connectivity index (χ4n) is 4.80. The number of unbranched alkanes of at least 4 members (excludes halogenated alkanes) is 1. The van der Waals surface area contributed by atoms with E-state index >= 15 is 0 Å². The maximum Gasteiger partial charge on any atom is 0.416 e. The number of furan rings is 1. The number of hydrogen-bond acceptors (Lipinski definition) is 6. The average Bonchev–Trinajstić information content (AvgIpc) is 3.71. The quantitative estimate of drug-likeness (QED) is 0.102. The minimum atomic E-state index is -4.52. The Morgan fingerprint density at radius 1 is 0.935 bits per heavy atom. The molecule has 0 aliphatic carbocycles. The number of nitrogens with zero attached hydrogens (tertiary/aromatic N) is 3. The number of rotatable bonds is 15. The lowest BCUT2D eigenvalue weighted by Crippen LogP contribution is -2.26. The fourth-order valence-corrected chi connectivity index (χ4v) is 5.58. The number of thioether (sulfide) groups is 1. The number of alkyl halides is 3. The van der Waals surface area contributed by atoms with Crippen molar-refractivity contribution in [2.75, 3.05) is 18.9 Å². The van der Waals surface area contributed by atoms with Gasteiger partial charge in [-0.2, -0.15) is 13.2 Å². The number of aromatic nitrogens is 3. The molecule has 0 fully saturated rings. The van der Waals surface area contributed by atoms with E-state index in [0.717, 1.165) is 55.3 Å². The lowest BCUT2D eigenvalue weighted by molar-refractivity contribution is -0.137. The zero-order valence-electron chi connectivity index (χ0n) is 27.3. The highest BCUT2D eigenvalue weighted by molar-refractivity contribution is 7.99. The molecule has 0 saturated carbocycles. The summed E-state index contributed by atoms with van der Waals surface area (Å²) in [5.41, 5.74) is 2.00. The highest BCUT2D eigenvalue weighted by Gasteiger charge is 2.31. The summed E-state index contributed by atoms with van der Waals surface area (Å²) in [6, 6.07) is 14.7. The van der Waals surface area contributed by atoms with Crippen molar-refractivity contribution in [3.05, 3.63) is 77.6 Å². The zero-order valence-corrected chi connectivity index (χ0v) is 28.1. The van der Waals surface area contributed by atoms with Gasteiger partial charge in [0, 0.05) is 12.1 Å². The van der Waals surface area contributed by atoms with Crippen molar-refractivity contribution in [1.29, 1.82) is 0 Å². The van der Waals surface area contributed by atoms with E-state index in [2.05, 4.69) is 75.3 Å². The van der Waals surface area contributed by atoms with Crippen molar-refractivity contribution in [3.8, 4) is 23.0 Å². The SMILES string of the molecule is CCC(C)(C)c1ccc(OCCCCNC(=O)CSc2nnc(-c3ccco3)n2-c2cccc(C(F)(F)F)c2)c(C(C)(C)CC)c1. The maximum atomic E-state index is 13.4. The van der Waals surface area contributed by atoms with E-state index in [9.17, 15) is 18.0 Å². The number of hydrogen-bond donors (Lipinski definition) is 1. The van der Waals surface area contributed by atoms with E-state index in [1.807, 2.05) is 0 Å². The number of benzene rings is 2. The third-order valence-corrected chi connectivity index (χ3v) is 9.48. The predicted octanol–water partition coefficient (Wildman–Crippen LogP) is 8.99. The maximum absolute atomic E-state index is 13.4. The third kappa shape index (κ3) is 8.54. The van der Waals surface area contributed by atoms with Gasteiger partial charge in [0.2, 0.25) is 11.7 Å². The molecule has 4 aromatic rings. The first kappa shape index (κ1) is 35.1. The minimum Gasteiger partial charge on any atom is -0.493 e. The van der Waals surface area contributed by atoms with Gasteiger partial charge in [-0.05, 0) is 78.5 Å². The Hall–Kier alpha value is -3.73. The number of halogens is 3.